The molecule has 0 radical (unpaired) electrons. The third-order valence-corrected chi connectivity index (χ3v) is 7.81. The smallest absolute Gasteiger partial charge is 0.325 e. The Morgan fingerprint density at radius 2 is 1.41 bits per heavy atom. The Balaban J connectivity index is 1.19. The van der Waals surface area contributed by atoms with E-state index in [9.17, 15) is 14.7 Å². The van der Waals surface area contributed by atoms with Crippen molar-refractivity contribution in [2.24, 2.45) is 0 Å². The molecule has 0 saturated carbocycles. The maximum atomic E-state index is 13.3. The van der Waals surface area contributed by atoms with Gasteiger partial charge >= 0.3 is 6.03 Å². The van der Waals surface area contributed by atoms with Gasteiger partial charge in [0.05, 0.1) is 25.8 Å². The Bertz CT molecular complexity index is 1220. The van der Waals surface area contributed by atoms with E-state index in [1.165, 1.54) is 11.1 Å². The number of benzene rings is 3. The molecule has 2 heterocycles. The van der Waals surface area contributed by atoms with Crippen molar-refractivity contribution in [3.05, 3.63) is 102 Å². The van der Waals surface area contributed by atoms with Gasteiger partial charge in [0.15, 0.2) is 0 Å². The quantitative estimate of drug-likeness (QED) is 0.415. The fraction of sp³-hybridized carbons (Fsp3) is 0.355. The summed E-state index contributed by atoms with van der Waals surface area (Å²) in [6.45, 7) is 5.31. The lowest BCUT2D eigenvalue weighted by atomic mass is 9.92. The van der Waals surface area contributed by atoms with Crippen LogP contribution in [0.2, 0.25) is 0 Å². The van der Waals surface area contributed by atoms with Gasteiger partial charge in [-0.3, -0.25) is 19.5 Å². The Kier molecular flexibility index (Phi) is 7.97. The first-order chi connectivity index (χ1) is 18.9. The van der Waals surface area contributed by atoms with Gasteiger partial charge in [-0.1, -0.05) is 72.8 Å². The number of aliphatic hydroxyl groups is 1. The molecule has 2 fully saturated rings. The van der Waals surface area contributed by atoms with Crippen LogP contribution in [0.1, 0.15) is 29.7 Å². The van der Waals surface area contributed by atoms with Crippen LogP contribution in [0.5, 0.6) is 5.75 Å². The number of hydrogen-bond acceptors (Lipinski definition) is 6. The number of methoxy groups -OCH3 is 1. The van der Waals surface area contributed by atoms with Crippen LogP contribution in [0.3, 0.4) is 0 Å². The number of imide groups is 1. The van der Waals surface area contributed by atoms with E-state index >= 15 is 0 Å². The van der Waals surface area contributed by atoms with E-state index < -0.39 is 17.7 Å². The SMILES string of the molecule is COc1ccc(C2(C)NC(=O)N(CC(O)CN3CCN(C(c4ccccc4)c4ccccc4)CC3)C2=O)cc1. The minimum atomic E-state index is -1.18. The average molecular weight is 529 g/mol. The molecule has 8 nitrogen and oxygen atoms in total. The highest BCUT2D eigenvalue weighted by atomic mass is 16.5. The molecule has 5 rings (SSSR count). The predicted octanol–water partition coefficient (Wildman–Crippen LogP) is 3.23. The maximum absolute atomic E-state index is 13.3. The van der Waals surface area contributed by atoms with Gasteiger partial charge in [0, 0.05) is 32.7 Å². The first-order valence-corrected chi connectivity index (χ1v) is 13.4. The number of carbonyl (C=O) groups excluding carboxylic acids is 2. The van der Waals surface area contributed by atoms with Crippen LogP contribution in [-0.4, -0.2) is 84.2 Å². The van der Waals surface area contributed by atoms with Crippen LogP contribution in [0.15, 0.2) is 84.9 Å². The lowest BCUT2D eigenvalue weighted by molar-refractivity contribution is -0.132. The van der Waals surface area contributed by atoms with Gasteiger partial charge < -0.3 is 15.2 Å². The zero-order chi connectivity index (χ0) is 27.4. The number of ether oxygens (including phenoxy) is 1. The van der Waals surface area contributed by atoms with Crippen LogP contribution in [0.4, 0.5) is 4.79 Å². The number of piperazine rings is 1. The van der Waals surface area contributed by atoms with E-state index in [0.29, 0.717) is 17.9 Å². The molecule has 2 unspecified atom stereocenters. The summed E-state index contributed by atoms with van der Waals surface area (Å²) >= 11 is 0. The van der Waals surface area contributed by atoms with Crippen molar-refractivity contribution in [2.75, 3.05) is 46.4 Å². The molecule has 2 aliphatic heterocycles. The van der Waals surface area contributed by atoms with E-state index in [0.717, 1.165) is 31.1 Å². The minimum Gasteiger partial charge on any atom is -0.497 e. The first kappa shape index (κ1) is 26.9. The van der Waals surface area contributed by atoms with Gasteiger partial charge in [-0.05, 0) is 35.7 Å². The van der Waals surface area contributed by atoms with Gasteiger partial charge in [0.2, 0.25) is 0 Å². The lowest BCUT2D eigenvalue weighted by Gasteiger charge is -2.40. The van der Waals surface area contributed by atoms with Crippen LogP contribution in [0.25, 0.3) is 0 Å². The number of β-amino-alcohol motifs (C(OH)–C–C–N with tert-alkyl or cyclic N) is 1. The Morgan fingerprint density at radius 3 is 1.95 bits per heavy atom. The maximum Gasteiger partial charge on any atom is 0.325 e. The fourth-order valence-electron chi connectivity index (χ4n) is 5.64. The van der Waals surface area contributed by atoms with Crippen molar-refractivity contribution in [3.8, 4) is 5.75 Å². The number of nitrogens with one attached hydrogen (secondary N) is 1. The largest absolute Gasteiger partial charge is 0.497 e. The fourth-order valence-corrected chi connectivity index (χ4v) is 5.64. The topological polar surface area (TPSA) is 85.3 Å². The number of rotatable bonds is 9. The molecule has 0 aliphatic carbocycles. The summed E-state index contributed by atoms with van der Waals surface area (Å²) in [7, 11) is 1.58. The normalized spacial score (nSPS) is 21.3. The molecule has 3 aromatic rings. The van der Waals surface area contributed by atoms with Gasteiger partial charge in [0.1, 0.15) is 11.3 Å². The highest BCUT2D eigenvalue weighted by Crippen LogP contribution is 2.31. The standard InChI is InChI=1S/C31H36N4O4/c1-31(25-13-15-27(39-2)16-14-25)29(37)35(30(38)32-31)22-26(36)21-33-17-19-34(20-18-33)28(23-9-5-3-6-10-23)24-11-7-4-8-12-24/h3-16,26,28,36H,17-22H2,1-2H3,(H,32,38). The molecule has 3 amide bonds. The lowest BCUT2D eigenvalue weighted by Crippen LogP contribution is -2.51. The molecule has 39 heavy (non-hydrogen) atoms. The second kappa shape index (κ2) is 11.6. The monoisotopic (exact) mass is 528 g/mol. The summed E-state index contributed by atoms with van der Waals surface area (Å²) in [6, 6.07) is 27.8. The average Bonchev–Trinajstić information content (AvgIpc) is 3.19. The molecule has 2 atom stereocenters. The predicted molar refractivity (Wildman–Crippen MR) is 149 cm³/mol. The van der Waals surface area contributed by atoms with Crippen molar-refractivity contribution >= 4 is 11.9 Å². The molecule has 0 spiro atoms. The molecule has 8 heteroatoms. The van der Waals surface area contributed by atoms with Gasteiger partial charge in [-0.25, -0.2) is 4.79 Å². The molecular formula is C31H36N4O4. The number of carbonyl (C=O) groups is 2. The number of urea groups is 1. The number of hydrogen-bond donors (Lipinski definition) is 2. The summed E-state index contributed by atoms with van der Waals surface area (Å²) in [6.07, 6.45) is -0.844. The molecule has 0 bridgehead atoms. The van der Waals surface area contributed by atoms with Crippen molar-refractivity contribution in [1.82, 2.24) is 20.0 Å². The molecular weight excluding hydrogens is 492 g/mol. The Hall–Kier alpha value is -3.72. The van der Waals surface area contributed by atoms with E-state index in [4.69, 9.17) is 4.74 Å². The van der Waals surface area contributed by atoms with Crippen LogP contribution >= 0.6 is 0 Å². The summed E-state index contributed by atoms with van der Waals surface area (Å²) < 4.78 is 5.20. The van der Waals surface area contributed by atoms with Crippen LogP contribution < -0.4 is 10.1 Å². The molecule has 204 valence electrons. The van der Waals surface area contributed by atoms with Crippen LogP contribution in [-0.2, 0) is 10.3 Å². The van der Waals surface area contributed by atoms with Crippen molar-refractivity contribution in [3.63, 3.8) is 0 Å². The zero-order valence-corrected chi connectivity index (χ0v) is 22.5. The summed E-state index contributed by atoms with van der Waals surface area (Å²) in [5.74, 6) is 0.306. The van der Waals surface area contributed by atoms with E-state index in [1.807, 2.05) is 12.1 Å². The van der Waals surface area contributed by atoms with E-state index in [-0.39, 0.29) is 18.5 Å². The van der Waals surface area contributed by atoms with E-state index in [2.05, 4.69) is 63.6 Å². The summed E-state index contributed by atoms with van der Waals surface area (Å²) in [4.78, 5) is 31.8. The number of nitrogens with zero attached hydrogens (tertiary/aromatic N) is 3. The highest BCUT2D eigenvalue weighted by Gasteiger charge is 2.49. The summed E-state index contributed by atoms with van der Waals surface area (Å²) in [5, 5.41) is 13.7. The third kappa shape index (κ3) is 5.68. The molecule has 2 saturated heterocycles. The van der Waals surface area contributed by atoms with Crippen LogP contribution in [0, 0.1) is 0 Å². The Morgan fingerprint density at radius 1 is 0.846 bits per heavy atom. The second-order valence-electron chi connectivity index (χ2n) is 10.4. The molecule has 2 N–H and O–H groups in total. The molecule has 0 aromatic heterocycles. The molecule has 2 aliphatic rings. The van der Waals surface area contributed by atoms with Gasteiger partial charge in [0.25, 0.3) is 5.91 Å². The number of aliphatic hydroxyl groups excluding tert-OH is 1. The zero-order valence-electron chi connectivity index (χ0n) is 22.5. The third-order valence-electron chi connectivity index (χ3n) is 7.81. The molecule has 3 aromatic carbocycles. The van der Waals surface area contributed by atoms with Gasteiger partial charge in [-0.2, -0.15) is 0 Å². The van der Waals surface area contributed by atoms with Crippen molar-refractivity contribution in [1.29, 1.82) is 0 Å². The van der Waals surface area contributed by atoms with Crippen molar-refractivity contribution < 1.29 is 19.4 Å². The first-order valence-electron chi connectivity index (χ1n) is 13.4. The van der Waals surface area contributed by atoms with E-state index in [1.54, 1.807) is 38.3 Å². The number of amides is 3. The summed E-state index contributed by atoms with van der Waals surface area (Å²) in [5.41, 5.74) is 2.01. The Labute approximate surface area is 229 Å². The second-order valence-corrected chi connectivity index (χ2v) is 10.4. The minimum absolute atomic E-state index is 0.0483. The van der Waals surface area contributed by atoms with Crippen molar-refractivity contribution in [2.45, 2.75) is 24.6 Å². The highest BCUT2D eigenvalue weighted by molar-refractivity contribution is 6.07. The van der Waals surface area contributed by atoms with Gasteiger partial charge in [-0.15, -0.1) is 0 Å².